The van der Waals surface area contributed by atoms with Crippen molar-refractivity contribution in [3.8, 4) is 0 Å². The summed E-state index contributed by atoms with van der Waals surface area (Å²) in [4.78, 5) is 5.63. The highest BCUT2D eigenvalue weighted by Gasteiger charge is 2.02. The average Bonchev–Trinajstić information content (AvgIpc) is 2.61. The van der Waals surface area contributed by atoms with Crippen LogP contribution in [0.1, 0.15) is 12.6 Å². The first-order chi connectivity index (χ1) is 7.61. The summed E-state index contributed by atoms with van der Waals surface area (Å²) in [6.07, 6.45) is 1.66. The van der Waals surface area contributed by atoms with Gasteiger partial charge in [-0.2, -0.15) is 15.0 Å². The maximum atomic E-state index is 5.69. The summed E-state index contributed by atoms with van der Waals surface area (Å²) in [6.45, 7) is 2.97. The van der Waals surface area contributed by atoms with Crippen molar-refractivity contribution in [2.24, 2.45) is 17.8 Å². The van der Waals surface area contributed by atoms with Crippen LogP contribution in [0.5, 0.6) is 0 Å². The van der Waals surface area contributed by atoms with Gasteiger partial charge in [0.2, 0.25) is 0 Å². The van der Waals surface area contributed by atoms with Crippen molar-refractivity contribution in [3.05, 3.63) is 11.9 Å². The molecule has 1 aromatic rings. The molecule has 7 heteroatoms. The monoisotopic (exact) mass is 226 g/mol. The molecule has 7 nitrogen and oxygen atoms in total. The van der Waals surface area contributed by atoms with E-state index in [9.17, 15) is 0 Å². The van der Waals surface area contributed by atoms with Crippen LogP contribution in [0.15, 0.2) is 11.2 Å². The van der Waals surface area contributed by atoms with Gasteiger partial charge in [0.1, 0.15) is 5.69 Å². The van der Waals surface area contributed by atoms with Gasteiger partial charge >= 0.3 is 0 Å². The fraction of sp³-hybridized carbons (Fsp3) is 0.667. The largest absolute Gasteiger partial charge is 0.383 e. The fourth-order valence-corrected chi connectivity index (χ4v) is 1.22. The van der Waals surface area contributed by atoms with Gasteiger partial charge in [0.25, 0.3) is 0 Å². The maximum absolute atomic E-state index is 5.69. The molecule has 0 aliphatic rings. The van der Waals surface area contributed by atoms with E-state index in [1.165, 1.54) is 4.80 Å². The summed E-state index contributed by atoms with van der Waals surface area (Å²) in [7, 11) is 3.40. The summed E-state index contributed by atoms with van der Waals surface area (Å²) in [5, 5.41) is 11.0. The Bertz CT molecular complexity index is 348. The number of ether oxygens (including phenoxy) is 1. The number of aliphatic imine (C=N–C) groups is 1. The zero-order chi connectivity index (χ0) is 12.0. The van der Waals surface area contributed by atoms with Crippen molar-refractivity contribution in [2.75, 3.05) is 13.7 Å². The third-order valence-electron chi connectivity index (χ3n) is 1.87. The molecule has 0 aliphatic carbocycles. The van der Waals surface area contributed by atoms with Crippen molar-refractivity contribution < 1.29 is 4.74 Å². The van der Waals surface area contributed by atoms with Crippen molar-refractivity contribution in [1.29, 1.82) is 0 Å². The Kier molecular flexibility index (Phi) is 4.71. The fourth-order valence-electron chi connectivity index (χ4n) is 1.22. The average molecular weight is 226 g/mol. The highest BCUT2D eigenvalue weighted by atomic mass is 16.5. The number of nitrogens with one attached hydrogen (secondary N) is 1. The smallest absolute Gasteiger partial charge is 0.189 e. The lowest BCUT2D eigenvalue weighted by Crippen LogP contribution is -2.40. The molecule has 1 rings (SSSR count). The van der Waals surface area contributed by atoms with Gasteiger partial charge in [-0.15, -0.1) is 0 Å². The molecule has 1 unspecified atom stereocenters. The first kappa shape index (κ1) is 12.4. The van der Waals surface area contributed by atoms with Crippen molar-refractivity contribution in [3.63, 3.8) is 0 Å². The first-order valence-electron chi connectivity index (χ1n) is 5.02. The predicted molar refractivity (Wildman–Crippen MR) is 60.8 cm³/mol. The number of aryl methyl sites for hydroxylation is 1. The minimum atomic E-state index is 0.135. The molecule has 0 bridgehead atoms. The van der Waals surface area contributed by atoms with Crippen LogP contribution >= 0.6 is 0 Å². The molecule has 1 aromatic heterocycles. The summed E-state index contributed by atoms with van der Waals surface area (Å²) >= 11 is 0. The van der Waals surface area contributed by atoms with Gasteiger partial charge in [0.15, 0.2) is 5.96 Å². The van der Waals surface area contributed by atoms with E-state index in [1.807, 2.05) is 6.92 Å². The van der Waals surface area contributed by atoms with E-state index in [2.05, 4.69) is 20.5 Å². The molecule has 16 heavy (non-hydrogen) atoms. The molecular formula is C9H18N6O. The van der Waals surface area contributed by atoms with E-state index < -0.39 is 0 Å². The predicted octanol–water partition coefficient (Wildman–Crippen LogP) is -0.746. The molecule has 0 amide bonds. The molecule has 1 atom stereocenters. The Balaban J connectivity index is 2.39. The standard InChI is InChI=1S/C9H18N6O/c1-7(6-16-3)13-9(10)11-4-8-5-12-15(2)14-8/h5,7H,4,6H2,1-3H3,(H3,10,11,13). The second kappa shape index (κ2) is 6.06. The third-order valence-corrected chi connectivity index (χ3v) is 1.87. The number of hydrogen-bond acceptors (Lipinski definition) is 4. The van der Waals surface area contributed by atoms with E-state index in [0.29, 0.717) is 19.1 Å². The van der Waals surface area contributed by atoms with Gasteiger partial charge in [-0.1, -0.05) is 0 Å². The molecule has 0 saturated heterocycles. The molecule has 0 spiro atoms. The summed E-state index contributed by atoms with van der Waals surface area (Å²) in [5.74, 6) is 0.384. The van der Waals surface area contributed by atoms with Gasteiger partial charge < -0.3 is 15.8 Å². The Labute approximate surface area is 94.7 Å². The Hall–Kier alpha value is -1.63. The number of aromatic nitrogens is 3. The number of nitrogens with two attached hydrogens (primary N) is 1. The quantitative estimate of drug-likeness (QED) is 0.509. The Morgan fingerprint density at radius 1 is 1.75 bits per heavy atom. The zero-order valence-electron chi connectivity index (χ0n) is 9.84. The summed E-state index contributed by atoms with van der Waals surface area (Å²) < 4.78 is 4.97. The lowest BCUT2D eigenvalue weighted by Gasteiger charge is -2.12. The topological polar surface area (TPSA) is 90.4 Å². The van der Waals surface area contributed by atoms with E-state index in [4.69, 9.17) is 10.5 Å². The number of rotatable bonds is 5. The molecule has 0 radical (unpaired) electrons. The molecule has 0 saturated carbocycles. The van der Waals surface area contributed by atoms with Gasteiger partial charge in [-0.25, -0.2) is 4.99 Å². The molecule has 0 aliphatic heterocycles. The van der Waals surface area contributed by atoms with Crippen LogP contribution in [-0.2, 0) is 18.3 Å². The van der Waals surface area contributed by atoms with E-state index in [-0.39, 0.29) is 6.04 Å². The Morgan fingerprint density at radius 2 is 2.50 bits per heavy atom. The van der Waals surface area contributed by atoms with Crippen molar-refractivity contribution >= 4 is 5.96 Å². The van der Waals surface area contributed by atoms with Crippen LogP contribution in [0, 0.1) is 0 Å². The lowest BCUT2D eigenvalue weighted by atomic mass is 10.4. The number of nitrogens with zero attached hydrogens (tertiary/aromatic N) is 4. The minimum absolute atomic E-state index is 0.135. The molecule has 1 heterocycles. The molecule has 0 aromatic carbocycles. The van der Waals surface area contributed by atoms with Crippen LogP contribution < -0.4 is 11.1 Å². The second-order valence-corrected chi connectivity index (χ2v) is 3.53. The molecular weight excluding hydrogens is 208 g/mol. The van der Waals surface area contributed by atoms with Gasteiger partial charge in [0, 0.05) is 20.2 Å². The number of methoxy groups -OCH3 is 1. The zero-order valence-corrected chi connectivity index (χ0v) is 9.84. The highest BCUT2D eigenvalue weighted by molar-refractivity contribution is 5.78. The SMILES string of the molecule is COCC(C)NC(N)=NCc1cnn(C)n1. The van der Waals surface area contributed by atoms with Gasteiger partial charge in [-0.05, 0) is 6.92 Å². The second-order valence-electron chi connectivity index (χ2n) is 3.53. The van der Waals surface area contributed by atoms with Crippen LogP contribution in [0.2, 0.25) is 0 Å². The van der Waals surface area contributed by atoms with Crippen LogP contribution in [0.25, 0.3) is 0 Å². The maximum Gasteiger partial charge on any atom is 0.189 e. The number of hydrogen-bond donors (Lipinski definition) is 2. The van der Waals surface area contributed by atoms with E-state index in [1.54, 1.807) is 20.4 Å². The highest BCUT2D eigenvalue weighted by Crippen LogP contribution is 1.92. The van der Waals surface area contributed by atoms with Crippen molar-refractivity contribution in [2.45, 2.75) is 19.5 Å². The van der Waals surface area contributed by atoms with Crippen LogP contribution in [0.4, 0.5) is 0 Å². The van der Waals surface area contributed by atoms with Crippen LogP contribution in [-0.4, -0.2) is 40.7 Å². The normalized spacial score (nSPS) is 13.8. The third kappa shape index (κ3) is 4.26. The van der Waals surface area contributed by atoms with Gasteiger partial charge in [0.05, 0.1) is 19.3 Å². The molecule has 90 valence electrons. The van der Waals surface area contributed by atoms with E-state index in [0.717, 1.165) is 5.69 Å². The molecule has 3 N–H and O–H groups in total. The minimum Gasteiger partial charge on any atom is -0.383 e. The summed E-state index contributed by atoms with van der Waals surface area (Å²) in [5.41, 5.74) is 6.47. The Morgan fingerprint density at radius 3 is 3.06 bits per heavy atom. The van der Waals surface area contributed by atoms with Crippen molar-refractivity contribution in [1.82, 2.24) is 20.3 Å². The van der Waals surface area contributed by atoms with Crippen LogP contribution in [0.3, 0.4) is 0 Å². The lowest BCUT2D eigenvalue weighted by molar-refractivity contribution is 0.179. The molecule has 0 fully saturated rings. The van der Waals surface area contributed by atoms with E-state index >= 15 is 0 Å². The first-order valence-corrected chi connectivity index (χ1v) is 5.02. The number of guanidine groups is 1. The van der Waals surface area contributed by atoms with Gasteiger partial charge in [-0.3, -0.25) is 0 Å². The summed E-state index contributed by atoms with van der Waals surface area (Å²) in [6, 6.07) is 0.135.